The summed E-state index contributed by atoms with van der Waals surface area (Å²) >= 11 is 8.08. The van der Waals surface area contributed by atoms with Gasteiger partial charge in [-0.25, -0.2) is 0 Å². The van der Waals surface area contributed by atoms with Crippen molar-refractivity contribution in [3.05, 3.63) is 57.1 Å². The predicted octanol–water partition coefficient (Wildman–Crippen LogP) is 2.73. The molecular formula is C19H15N2O4S3-. The lowest BCUT2D eigenvalue weighted by molar-refractivity contribution is -0.255. The Morgan fingerprint density at radius 3 is 2.79 bits per heavy atom. The SMILES string of the molecule is O=C(CCCN1C(=O)C(=Cc2cccs2)SC1=S)Nc1cccc(C(=O)[O-])c1. The number of thiophene rings is 1. The molecule has 0 saturated carbocycles. The highest BCUT2D eigenvalue weighted by Gasteiger charge is 2.31. The van der Waals surface area contributed by atoms with Crippen LogP contribution in [0.5, 0.6) is 0 Å². The van der Waals surface area contributed by atoms with Gasteiger partial charge in [0.2, 0.25) is 5.91 Å². The maximum atomic E-state index is 12.5. The summed E-state index contributed by atoms with van der Waals surface area (Å²) in [5.74, 6) is -1.72. The number of benzene rings is 1. The fourth-order valence-electron chi connectivity index (χ4n) is 2.54. The van der Waals surface area contributed by atoms with E-state index in [0.717, 1.165) is 4.88 Å². The minimum atomic E-state index is -1.30. The van der Waals surface area contributed by atoms with Crippen LogP contribution in [-0.2, 0) is 9.59 Å². The number of aromatic carboxylic acids is 1. The van der Waals surface area contributed by atoms with Crippen LogP contribution in [0.1, 0.15) is 28.1 Å². The van der Waals surface area contributed by atoms with Gasteiger partial charge in [-0.1, -0.05) is 42.2 Å². The minimum Gasteiger partial charge on any atom is -0.545 e. The van der Waals surface area contributed by atoms with E-state index in [1.165, 1.54) is 34.9 Å². The predicted molar refractivity (Wildman–Crippen MR) is 113 cm³/mol. The summed E-state index contributed by atoms with van der Waals surface area (Å²) in [6.07, 6.45) is 2.43. The zero-order valence-electron chi connectivity index (χ0n) is 14.5. The van der Waals surface area contributed by atoms with Crippen LogP contribution >= 0.6 is 35.3 Å². The second kappa shape index (κ2) is 9.13. The summed E-state index contributed by atoms with van der Waals surface area (Å²) in [5.41, 5.74) is 0.379. The van der Waals surface area contributed by atoms with Crippen molar-refractivity contribution in [3.8, 4) is 0 Å². The highest BCUT2D eigenvalue weighted by Crippen LogP contribution is 2.33. The van der Waals surface area contributed by atoms with E-state index in [1.807, 2.05) is 23.6 Å². The highest BCUT2D eigenvalue weighted by atomic mass is 32.2. The molecule has 6 nitrogen and oxygen atoms in total. The molecule has 0 spiro atoms. The van der Waals surface area contributed by atoms with E-state index in [0.29, 0.717) is 27.9 Å². The van der Waals surface area contributed by atoms with E-state index < -0.39 is 5.97 Å². The van der Waals surface area contributed by atoms with Gasteiger partial charge in [-0.15, -0.1) is 11.3 Å². The molecule has 1 aromatic carbocycles. The minimum absolute atomic E-state index is 0.00658. The van der Waals surface area contributed by atoms with Crippen molar-refractivity contribution in [2.75, 3.05) is 11.9 Å². The number of carbonyl (C=O) groups is 3. The molecule has 9 heteroatoms. The monoisotopic (exact) mass is 431 g/mol. The summed E-state index contributed by atoms with van der Waals surface area (Å²) < 4.78 is 0.481. The van der Waals surface area contributed by atoms with Crippen molar-refractivity contribution in [3.63, 3.8) is 0 Å². The molecule has 0 unspecified atom stereocenters. The normalized spacial score (nSPS) is 15.3. The van der Waals surface area contributed by atoms with Crippen LogP contribution in [0.25, 0.3) is 6.08 Å². The second-order valence-corrected chi connectivity index (χ2v) is 8.52. The molecule has 2 heterocycles. The third-order valence-corrected chi connectivity index (χ3v) is 6.05. The number of carboxylic acid groups (broad SMARTS) is 1. The molecule has 1 aromatic heterocycles. The second-order valence-electron chi connectivity index (χ2n) is 5.87. The van der Waals surface area contributed by atoms with Crippen molar-refractivity contribution in [1.82, 2.24) is 4.90 Å². The van der Waals surface area contributed by atoms with Gasteiger partial charge < -0.3 is 15.2 Å². The smallest absolute Gasteiger partial charge is 0.266 e. The van der Waals surface area contributed by atoms with Crippen LogP contribution in [-0.4, -0.2) is 33.5 Å². The molecule has 28 heavy (non-hydrogen) atoms. The van der Waals surface area contributed by atoms with Crippen LogP contribution in [0, 0.1) is 0 Å². The van der Waals surface area contributed by atoms with E-state index in [2.05, 4.69) is 5.32 Å². The number of hydrogen-bond acceptors (Lipinski definition) is 7. The Morgan fingerprint density at radius 1 is 1.25 bits per heavy atom. The van der Waals surface area contributed by atoms with Crippen molar-refractivity contribution in [2.45, 2.75) is 12.8 Å². The molecule has 0 radical (unpaired) electrons. The summed E-state index contributed by atoms with van der Waals surface area (Å²) in [7, 11) is 0. The van der Waals surface area contributed by atoms with Gasteiger partial charge in [0, 0.05) is 23.5 Å². The fraction of sp³-hybridized carbons (Fsp3) is 0.158. The first-order valence-electron chi connectivity index (χ1n) is 8.34. The number of thiocarbonyl (C=S) groups is 1. The lowest BCUT2D eigenvalue weighted by atomic mass is 10.2. The molecule has 144 valence electrons. The Kier molecular flexibility index (Phi) is 6.61. The van der Waals surface area contributed by atoms with Gasteiger partial charge in [-0.3, -0.25) is 14.5 Å². The Bertz CT molecular complexity index is 954. The van der Waals surface area contributed by atoms with Crippen molar-refractivity contribution >= 4 is 69.2 Å². The topological polar surface area (TPSA) is 89.5 Å². The summed E-state index contributed by atoms with van der Waals surface area (Å²) in [5, 5.41) is 15.4. The third-order valence-electron chi connectivity index (χ3n) is 3.86. The Balaban J connectivity index is 1.51. The number of nitrogens with one attached hydrogen (secondary N) is 1. The number of anilines is 1. The van der Waals surface area contributed by atoms with E-state index in [-0.39, 0.29) is 23.8 Å². The summed E-state index contributed by atoms with van der Waals surface area (Å²) in [6.45, 7) is 0.346. The number of thioether (sulfide) groups is 1. The number of nitrogens with zero attached hydrogens (tertiary/aromatic N) is 1. The average molecular weight is 432 g/mol. The molecule has 1 saturated heterocycles. The van der Waals surface area contributed by atoms with Crippen LogP contribution in [0.3, 0.4) is 0 Å². The molecule has 1 N–H and O–H groups in total. The van der Waals surface area contributed by atoms with E-state index in [4.69, 9.17) is 12.2 Å². The maximum Gasteiger partial charge on any atom is 0.266 e. The van der Waals surface area contributed by atoms with Gasteiger partial charge in [-0.2, -0.15) is 0 Å². The Morgan fingerprint density at radius 2 is 2.07 bits per heavy atom. The molecule has 1 fully saturated rings. The van der Waals surface area contributed by atoms with Crippen LogP contribution in [0.4, 0.5) is 5.69 Å². The van der Waals surface area contributed by atoms with E-state index >= 15 is 0 Å². The summed E-state index contributed by atoms with van der Waals surface area (Å²) in [4.78, 5) is 38.5. The molecule has 0 bridgehead atoms. The number of rotatable bonds is 7. The molecule has 0 atom stereocenters. The quantitative estimate of drug-likeness (QED) is 0.536. The zero-order valence-corrected chi connectivity index (χ0v) is 17.0. The van der Waals surface area contributed by atoms with Gasteiger partial charge in [-0.05, 0) is 41.6 Å². The number of carbonyl (C=O) groups excluding carboxylic acids is 3. The number of carboxylic acids is 1. The van der Waals surface area contributed by atoms with Crippen molar-refractivity contribution in [2.24, 2.45) is 0 Å². The van der Waals surface area contributed by atoms with Gasteiger partial charge in [0.1, 0.15) is 4.32 Å². The Labute approximate surface area is 175 Å². The fourth-order valence-corrected chi connectivity index (χ4v) is 4.57. The molecule has 0 aliphatic carbocycles. The number of amides is 2. The molecule has 1 aliphatic rings. The molecule has 1 aliphatic heterocycles. The van der Waals surface area contributed by atoms with Crippen LogP contribution in [0.15, 0.2) is 46.7 Å². The van der Waals surface area contributed by atoms with Crippen LogP contribution in [0.2, 0.25) is 0 Å². The molecule has 2 aromatic rings. The van der Waals surface area contributed by atoms with Gasteiger partial charge >= 0.3 is 0 Å². The Hall–Kier alpha value is -2.49. The van der Waals surface area contributed by atoms with Gasteiger partial charge in [0.15, 0.2) is 0 Å². The lowest BCUT2D eigenvalue weighted by Crippen LogP contribution is -2.29. The van der Waals surface area contributed by atoms with Crippen molar-refractivity contribution < 1.29 is 19.5 Å². The first-order chi connectivity index (χ1) is 13.4. The third kappa shape index (κ3) is 5.06. The van der Waals surface area contributed by atoms with Crippen LogP contribution < -0.4 is 10.4 Å². The van der Waals surface area contributed by atoms with Gasteiger partial charge in [0.25, 0.3) is 5.91 Å². The molecule has 2 amide bonds. The largest absolute Gasteiger partial charge is 0.545 e. The highest BCUT2D eigenvalue weighted by molar-refractivity contribution is 8.26. The lowest BCUT2D eigenvalue weighted by Gasteiger charge is -2.14. The number of hydrogen-bond donors (Lipinski definition) is 1. The van der Waals surface area contributed by atoms with E-state index in [1.54, 1.807) is 17.4 Å². The van der Waals surface area contributed by atoms with E-state index in [9.17, 15) is 19.5 Å². The molecule has 3 rings (SSSR count). The van der Waals surface area contributed by atoms with Crippen molar-refractivity contribution in [1.29, 1.82) is 0 Å². The van der Waals surface area contributed by atoms with Gasteiger partial charge in [0.05, 0.1) is 10.9 Å². The summed E-state index contributed by atoms with van der Waals surface area (Å²) in [6, 6.07) is 9.70. The zero-order chi connectivity index (χ0) is 20.1. The first kappa shape index (κ1) is 20.2. The standard InChI is InChI=1S/C19H16N2O4S3/c22-16(20-13-5-1-4-12(10-13)18(24)25)7-2-8-21-17(23)15(28-19(21)26)11-14-6-3-9-27-14/h1,3-6,9-11H,2,7-8H2,(H,20,22)(H,24,25)/p-1. The average Bonchev–Trinajstić information content (AvgIpc) is 3.25. The maximum absolute atomic E-state index is 12.5. The first-order valence-corrected chi connectivity index (χ1v) is 10.4. The molecular weight excluding hydrogens is 416 g/mol.